The van der Waals surface area contributed by atoms with Crippen molar-refractivity contribution in [3.05, 3.63) is 0 Å². The van der Waals surface area contributed by atoms with Gasteiger partial charge in [-0.15, -0.1) is 0 Å². The van der Waals surface area contributed by atoms with Gasteiger partial charge < -0.3 is 10.6 Å². The number of likely N-dealkylation sites (tertiary alicyclic amines) is 1. The molecule has 0 spiro atoms. The van der Waals surface area contributed by atoms with Gasteiger partial charge in [-0.3, -0.25) is 4.79 Å². The van der Waals surface area contributed by atoms with Crippen LogP contribution in [0.1, 0.15) is 20.3 Å². The van der Waals surface area contributed by atoms with Crippen LogP contribution < -0.4 is 5.73 Å². The largest absolute Gasteiger partial charge is 0.343 e. The van der Waals surface area contributed by atoms with E-state index in [1.54, 1.807) is 6.92 Å². The lowest BCUT2D eigenvalue weighted by molar-refractivity contribution is -0.127. The number of nitrogens with two attached hydrogens (primary N) is 1. The molecule has 0 bridgehead atoms. The molecule has 1 aliphatic heterocycles. The number of carbonyl (C=O) groups is 1. The predicted octanol–water partition coefficient (Wildman–Crippen LogP) is 0.450. The van der Waals surface area contributed by atoms with Crippen LogP contribution in [0.5, 0.6) is 0 Å². The van der Waals surface area contributed by atoms with Crippen LogP contribution in [0, 0.1) is 11.8 Å². The molecule has 0 saturated carbocycles. The molecule has 0 aromatic rings. The third-order valence-electron chi connectivity index (χ3n) is 2.85. The molecule has 2 atom stereocenters. The van der Waals surface area contributed by atoms with Crippen LogP contribution in [0.2, 0.25) is 0 Å². The van der Waals surface area contributed by atoms with E-state index in [4.69, 9.17) is 5.73 Å². The molecule has 70 valence electrons. The van der Waals surface area contributed by atoms with Crippen LogP contribution in [-0.4, -0.2) is 30.4 Å². The first kappa shape index (κ1) is 9.52. The van der Waals surface area contributed by atoms with E-state index < -0.39 is 0 Å². The summed E-state index contributed by atoms with van der Waals surface area (Å²) in [6.07, 6.45) is 1.12. The van der Waals surface area contributed by atoms with Gasteiger partial charge in [0.1, 0.15) is 0 Å². The van der Waals surface area contributed by atoms with Crippen LogP contribution in [0.4, 0.5) is 0 Å². The maximum atomic E-state index is 11.0. The second-order valence-corrected chi connectivity index (χ2v) is 3.73. The second kappa shape index (κ2) is 3.90. The lowest BCUT2D eigenvalue weighted by Crippen LogP contribution is -2.28. The summed E-state index contributed by atoms with van der Waals surface area (Å²) in [7, 11) is 0. The molecule has 0 aromatic heterocycles. The van der Waals surface area contributed by atoms with E-state index in [2.05, 4.69) is 6.92 Å². The summed E-state index contributed by atoms with van der Waals surface area (Å²) in [6, 6.07) is 0. The molecule has 1 aliphatic rings. The van der Waals surface area contributed by atoms with Crippen LogP contribution in [0.25, 0.3) is 0 Å². The first-order valence-corrected chi connectivity index (χ1v) is 4.60. The molecule has 3 nitrogen and oxygen atoms in total. The van der Waals surface area contributed by atoms with Crippen LogP contribution >= 0.6 is 0 Å². The van der Waals surface area contributed by atoms with Gasteiger partial charge in [0.05, 0.1) is 0 Å². The number of nitrogens with zero attached hydrogens (tertiary/aromatic N) is 1. The third kappa shape index (κ3) is 1.97. The monoisotopic (exact) mass is 170 g/mol. The second-order valence-electron chi connectivity index (χ2n) is 3.73. The van der Waals surface area contributed by atoms with Gasteiger partial charge in [-0.1, -0.05) is 6.92 Å². The Morgan fingerprint density at radius 1 is 1.75 bits per heavy atom. The average molecular weight is 170 g/mol. The number of hydrogen-bond acceptors (Lipinski definition) is 2. The number of amides is 1. The summed E-state index contributed by atoms with van der Waals surface area (Å²) in [4.78, 5) is 12.9. The summed E-state index contributed by atoms with van der Waals surface area (Å²) in [5, 5.41) is 0. The lowest BCUT2D eigenvalue weighted by Gasteiger charge is -2.17. The number of carbonyl (C=O) groups excluding carboxylic acids is 1. The van der Waals surface area contributed by atoms with E-state index in [9.17, 15) is 4.79 Å². The van der Waals surface area contributed by atoms with Crippen molar-refractivity contribution in [1.29, 1.82) is 0 Å². The van der Waals surface area contributed by atoms with Crippen LogP contribution in [0.15, 0.2) is 0 Å². The van der Waals surface area contributed by atoms with E-state index in [0.29, 0.717) is 11.8 Å². The first-order valence-electron chi connectivity index (χ1n) is 4.60. The molecular weight excluding hydrogens is 152 g/mol. The summed E-state index contributed by atoms with van der Waals surface area (Å²) in [5.41, 5.74) is 5.57. The zero-order chi connectivity index (χ0) is 9.14. The third-order valence-corrected chi connectivity index (χ3v) is 2.85. The van der Waals surface area contributed by atoms with Gasteiger partial charge in [-0.05, 0) is 24.8 Å². The first-order chi connectivity index (χ1) is 5.65. The number of hydrogen-bond donors (Lipinski definition) is 1. The molecule has 0 radical (unpaired) electrons. The fraction of sp³-hybridized carbons (Fsp3) is 0.889. The minimum absolute atomic E-state index is 0.196. The van der Waals surface area contributed by atoms with Crippen molar-refractivity contribution in [3.63, 3.8) is 0 Å². The fourth-order valence-electron chi connectivity index (χ4n) is 1.73. The van der Waals surface area contributed by atoms with Crippen molar-refractivity contribution in [1.82, 2.24) is 4.90 Å². The average Bonchev–Trinajstić information content (AvgIpc) is 2.51. The molecule has 1 amide bonds. The quantitative estimate of drug-likeness (QED) is 0.654. The van der Waals surface area contributed by atoms with Gasteiger partial charge in [0, 0.05) is 20.0 Å². The Morgan fingerprint density at radius 2 is 2.42 bits per heavy atom. The fourth-order valence-corrected chi connectivity index (χ4v) is 1.73. The van der Waals surface area contributed by atoms with Gasteiger partial charge in [0.25, 0.3) is 0 Å². The summed E-state index contributed by atoms with van der Waals surface area (Å²) < 4.78 is 0. The summed E-state index contributed by atoms with van der Waals surface area (Å²) in [6.45, 7) is 6.36. The van der Waals surface area contributed by atoms with E-state index in [1.165, 1.54) is 0 Å². The molecule has 3 heteroatoms. The zero-order valence-electron chi connectivity index (χ0n) is 7.92. The smallest absolute Gasteiger partial charge is 0.219 e. The van der Waals surface area contributed by atoms with Gasteiger partial charge in [-0.2, -0.15) is 0 Å². The summed E-state index contributed by atoms with van der Waals surface area (Å²) in [5.74, 6) is 1.37. The SMILES string of the molecule is CC(=O)N1CCC(C(C)CN)C1. The van der Waals surface area contributed by atoms with E-state index in [-0.39, 0.29) is 5.91 Å². The van der Waals surface area contributed by atoms with Crippen LogP contribution in [-0.2, 0) is 4.79 Å². The van der Waals surface area contributed by atoms with Crippen LogP contribution in [0.3, 0.4) is 0 Å². The Balaban J connectivity index is 2.40. The van der Waals surface area contributed by atoms with Crippen molar-refractivity contribution >= 4 is 5.91 Å². The Morgan fingerprint density at radius 3 is 2.83 bits per heavy atom. The van der Waals surface area contributed by atoms with Crippen molar-refractivity contribution in [3.8, 4) is 0 Å². The standard InChI is InChI=1S/C9H18N2O/c1-7(5-10)9-3-4-11(6-9)8(2)12/h7,9H,3-6,10H2,1-2H3. The molecule has 12 heavy (non-hydrogen) atoms. The Bertz CT molecular complexity index is 170. The normalized spacial score (nSPS) is 25.9. The van der Waals surface area contributed by atoms with Crippen molar-refractivity contribution in [2.45, 2.75) is 20.3 Å². The van der Waals surface area contributed by atoms with E-state index in [1.807, 2.05) is 4.90 Å². The molecular formula is C9H18N2O. The number of rotatable bonds is 2. The molecule has 2 N–H and O–H groups in total. The zero-order valence-corrected chi connectivity index (χ0v) is 7.92. The Labute approximate surface area is 73.9 Å². The molecule has 1 heterocycles. The van der Waals surface area contributed by atoms with Gasteiger partial charge in [0.15, 0.2) is 0 Å². The highest BCUT2D eigenvalue weighted by Crippen LogP contribution is 2.23. The maximum absolute atomic E-state index is 11.0. The lowest BCUT2D eigenvalue weighted by atomic mass is 9.94. The highest BCUT2D eigenvalue weighted by molar-refractivity contribution is 5.73. The summed E-state index contributed by atoms with van der Waals surface area (Å²) >= 11 is 0. The topological polar surface area (TPSA) is 46.3 Å². The predicted molar refractivity (Wildman–Crippen MR) is 48.6 cm³/mol. The van der Waals surface area contributed by atoms with Gasteiger partial charge >= 0.3 is 0 Å². The minimum Gasteiger partial charge on any atom is -0.343 e. The van der Waals surface area contributed by atoms with Gasteiger partial charge in [-0.25, -0.2) is 0 Å². The molecule has 0 aromatic carbocycles. The Hall–Kier alpha value is -0.570. The molecule has 1 rings (SSSR count). The maximum Gasteiger partial charge on any atom is 0.219 e. The highest BCUT2D eigenvalue weighted by atomic mass is 16.2. The molecule has 1 saturated heterocycles. The molecule has 1 fully saturated rings. The molecule has 2 unspecified atom stereocenters. The van der Waals surface area contributed by atoms with Gasteiger partial charge in [0.2, 0.25) is 5.91 Å². The molecule has 0 aliphatic carbocycles. The van der Waals surface area contributed by atoms with E-state index >= 15 is 0 Å². The van der Waals surface area contributed by atoms with Crippen molar-refractivity contribution in [2.24, 2.45) is 17.6 Å². The van der Waals surface area contributed by atoms with Crippen molar-refractivity contribution in [2.75, 3.05) is 19.6 Å². The Kier molecular flexibility index (Phi) is 3.09. The van der Waals surface area contributed by atoms with E-state index in [0.717, 1.165) is 26.1 Å². The highest BCUT2D eigenvalue weighted by Gasteiger charge is 2.27. The van der Waals surface area contributed by atoms with Crippen molar-refractivity contribution < 1.29 is 4.79 Å². The minimum atomic E-state index is 0.196.